The normalized spacial score (nSPS) is 22.6. The van der Waals surface area contributed by atoms with Gasteiger partial charge in [0.25, 0.3) is 10.1 Å². The van der Waals surface area contributed by atoms with Crippen molar-refractivity contribution >= 4 is 10.1 Å². The Bertz CT molecular complexity index is 549. The molecule has 1 aliphatic rings. The van der Waals surface area contributed by atoms with Gasteiger partial charge in [0, 0.05) is 5.92 Å². The highest BCUT2D eigenvalue weighted by molar-refractivity contribution is 7.86. The Morgan fingerprint density at radius 1 is 1.25 bits per heavy atom. The minimum absolute atomic E-state index is 0.243. The molecule has 0 aliphatic carbocycles. The molecule has 5 heteroatoms. The summed E-state index contributed by atoms with van der Waals surface area (Å²) in [5, 5.41) is 0. The smallest absolute Gasteiger partial charge is 0.296 e. The molecule has 1 saturated heterocycles. The van der Waals surface area contributed by atoms with E-state index >= 15 is 0 Å². The maximum Gasteiger partial charge on any atom is 0.296 e. The summed E-state index contributed by atoms with van der Waals surface area (Å²) in [6, 6.07) is 6.78. The summed E-state index contributed by atoms with van der Waals surface area (Å²) in [5.74, 6) is 0.318. The van der Waals surface area contributed by atoms with Crippen molar-refractivity contribution in [1.29, 1.82) is 0 Å². The third-order valence-corrected chi connectivity index (χ3v) is 5.19. The number of piperidine rings is 1. The lowest BCUT2D eigenvalue weighted by Crippen LogP contribution is -2.48. The van der Waals surface area contributed by atoms with Gasteiger partial charge in [0.1, 0.15) is 0 Å². The minimum Gasteiger partial charge on any atom is -0.328 e. The van der Waals surface area contributed by atoms with Crippen LogP contribution in [0.1, 0.15) is 18.4 Å². The summed E-state index contributed by atoms with van der Waals surface area (Å²) in [6.45, 7) is 4.35. The van der Waals surface area contributed by atoms with Crippen molar-refractivity contribution in [3.63, 3.8) is 0 Å². The zero-order valence-corrected chi connectivity index (χ0v) is 13.3. The molecule has 1 unspecified atom stereocenters. The Morgan fingerprint density at radius 2 is 1.90 bits per heavy atom. The van der Waals surface area contributed by atoms with Gasteiger partial charge in [-0.1, -0.05) is 17.7 Å². The van der Waals surface area contributed by atoms with Gasteiger partial charge in [-0.3, -0.25) is 4.18 Å². The minimum atomic E-state index is -3.62. The predicted octanol–water partition coefficient (Wildman–Crippen LogP) is 2.19. The van der Waals surface area contributed by atoms with Gasteiger partial charge < -0.3 is 4.48 Å². The molecule has 1 aromatic rings. The number of quaternary nitrogens is 1. The van der Waals surface area contributed by atoms with Gasteiger partial charge in [0.15, 0.2) is 0 Å². The van der Waals surface area contributed by atoms with E-state index in [0.717, 1.165) is 36.0 Å². The second-order valence-electron chi connectivity index (χ2n) is 6.40. The number of hydrogen-bond acceptors (Lipinski definition) is 3. The first-order valence-electron chi connectivity index (χ1n) is 7.07. The molecule has 1 atom stereocenters. The fraction of sp³-hybridized carbons (Fsp3) is 0.600. The summed E-state index contributed by atoms with van der Waals surface area (Å²) in [7, 11) is 0.742. The van der Waals surface area contributed by atoms with Gasteiger partial charge in [-0.05, 0) is 31.9 Å². The molecule has 1 aromatic carbocycles. The molecular formula is C15H24NO3S+. The predicted molar refractivity (Wildman–Crippen MR) is 78.9 cm³/mol. The first-order chi connectivity index (χ1) is 9.28. The second kappa shape index (κ2) is 5.84. The Balaban J connectivity index is 1.97. The fourth-order valence-electron chi connectivity index (χ4n) is 2.78. The molecular weight excluding hydrogens is 274 g/mol. The van der Waals surface area contributed by atoms with Crippen LogP contribution in [0, 0.1) is 12.8 Å². The zero-order chi connectivity index (χ0) is 14.8. The molecule has 0 saturated carbocycles. The van der Waals surface area contributed by atoms with E-state index in [1.165, 1.54) is 0 Å². The summed E-state index contributed by atoms with van der Waals surface area (Å²) in [6.07, 6.45) is 2.18. The van der Waals surface area contributed by atoms with E-state index in [1.807, 2.05) is 6.92 Å². The van der Waals surface area contributed by atoms with Gasteiger partial charge in [-0.15, -0.1) is 0 Å². The first kappa shape index (κ1) is 15.5. The van der Waals surface area contributed by atoms with Crippen LogP contribution in [-0.4, -0.2) is 46.7 Å². The van der Waals surface area contributed by atoms with Gasteiger partial charge in [-0.25, -0.2) is 0 Å². The molecule has 0 N–H and O–H groups in total. The number of hydrogen-bond donors (Lipinski definition) is 0. The number of benzene rings is 1. The molecule has 20 heavy (non-hydrogen) atoms. The van der Waals surface area contributed by atoms with E-state index in [1.54, 1.807) is 24.3 Å². The Morgan fingerprint density at radius 3 is 2.50 bits per heavy atom. The average Bonchev–Trinajstić information content (AvgIpc) is 2.36. The molecule has 0 aromatic heterocycles. The van der Waals surface area contributed by atoms with E-state index in [4.69, 9.17) is 4.18 Å². The molecule has 1 aliphatic heterocycles. The molecule has 2 rings (SSSR count). The van der Waals surface area contributed by atoms with Gasteiger partial charge in [0.2, 0.25) is 0 Å². The first-order valence-corrected chi connectivity index (χ1v) is 8.47. The monoisotopic (exact) mass is 298 g/mol. The lowest BCUT2D eigenvalue weighted by Gasteiger charge is -2.37. The number of nitrogens with zero attached hydrogens (tertiary/aromatic N) is 1. The van der Waals surface area contributed by atoms with Gasteiger partial charge >= 0.3 is 0 Å². The molecule has 1 fully saturated rings. The van der Waals surface area contributed by atoms with Crippen LogP contribution >= 0.6 is 0 Å². The van der Waals surface area contributed by atoms with Crippen LogP contribution in [0.5, 0.6) is 0 Å². The van der Waals surface area contributed by atoms with Crippen LogP contribution in [0.2, 0.25) is 0 Å². The van der Waals surface area contributed by atoms with Crippen molar-refractivity contribution in [2.24, 2.45) is 5.92 Å². The molecule has 0 spiro atoms. The molecule has 0 amide bonds. The van der Waals surface area contributed by atoms with Crippen LogP contribution < -0.4 is 0 Å². The summed E-state index contributed by atoms with van der Waals surface area (Å²) >= 11 is 0. The van der Waals surface area contributed by atoms with E-state index < -0.39 is 10.1 Å². The lowest BCUT2D eigenvalue weighted by atomic mass is 9.98. The average molecular weight is 298 g/mol. The SMILES string of the molecule is Cc1ccc(S(=O)(=O)OCC2CCC[N+](C)(C)C2)cc1. The third-order valence-electron chi connectivity index (χ3n) is 3.90. The fourth-order valence-corrected chi connectivity index (χ4v) is 3.76. The van der Waals surface area contributed by atoms with Crippen molar-refractivity contribution in [3.05, 3.63) is 29.8 Å². The van der Waals surface area contributed by atoms with Crippen LogP contribution in [0.3, 0.4) is 0 Å². The highest BCUT2D eigenvalue weighted by Crippen LogP contribution is 2.22. The van der Waals surface area contributed by atoms with Crippen LogP contribution in [0.15, 0.2) is 29.2 Å². The molecule has 1 heterocycles. The van der Waals surface area contributed by atoms with E-state index in [9.17, 15) is 8.42 Å². The van der Waals surface area contributed by atoms with Crippen LogP contribution in [0.25, 0.3) is 0 Å². The summed E-state index contributed by atoms with van der Waals surface area (Å²) < 4.78 is 30.4. The van der Waals surface area contributed by atoms with Crippen molar-refractivity contribution < 1.29 is 17.1 Å². The van der Waals surface area contributed by atoms with Crippen molar-refractivity contribution in [3.8, 4) is 0 Å². The molecule has 0 bridgehead atoms. The topological polar surface area (TPSA) is 43.4 Å². The van der Waals surface area contributed by atoms with Gasteiger partial charge in [-0.2, -0.15) is 8.42 Å². The van der Waals surface area contributed by atoms with E-state index in [-0.39, 0.29) is 11.5 Å². The van der Waals surface area contributed by atoms with Crippen molar-refractivity contribution in [2.45, 2.75) is 24.7 Å². The van der Waals surface area contributed by atoms with Gasteiger partial charge in [0.05, 0.1) is 38.7 Å². The van der Waals surface area contributed by atoms with E-state index in [2.05, 4.69) is 14.1 Å². The number of likely N-dealkylation sites (tertiary alicyclic amines) is 1. The Labute approximate surface area is 122 Å². The zero-order valence-electron chi connectivity index (χ0n) is 12.5. The van der Waals surface area contributed by atoms with Crippen molar-refractivity contribution in [1.82, 2.24) is 0 Å². The number of rotatable bonds is 4. The lowest BCUT2D eigenvalue weighted by molar-refractivity contribution is -0.898. The Hall–Kier alpha value is -0.910. The van der Waals surface area contributed by atoms with Crippen LogP contribution in [-0.2, 0) is 14.3 Å². The largest absolute Gasteiger partial charge is 0.328 e. The highest BCUT2D eigenvalue weighted by atomic mass is 32.2. The summed E-state index contributed by atoms with van der Waals surface area (Å²) in [4.78, 5) is 0.243. The molecule has 0 radical (unpaired) electrons. The Kier molecular flexibility index (Phi) is 4.52. The quantitative estimate of drug-likeness (QED) is 0.632. The molecule has 112 valence electrons. The van der Waals surface area contributed by atoms with Crippen LogP contribution in [0.4, 0.5) is 0 Å². The summed E-state index contributed by atoms with van der Waals surface area (Å²) in [5.41, 5.74) is 1.04. The third kappa shape index (κ3) is 4.04. The van der Waals surface area contributed by atoms with Crippen molar-refractivity contribution in [2.75, 3.05) is 33.8 Å². The van der Waals surface area contributed by atoms with E-state index in [0.29, 0.717) is 5.92 Å². The maximum absolute atomic E-state index is 12.1. The maximum atomic E-state index is 12.1. The second-order valence-corrected chi connectivity index (χ2v) is 8.02. The highest BCUT2D eigenvalue weighted by Gasteiger charge is 2.29. The standard InChI is InChI=1S/C15H24NO3S/c1-13-6-8-15(9-7-13)20(17,18)19-12-14-5-4-10-16(2,3)11-14/h6-9,14H,4-5,10-12H2,1-3H3/q+1. The molecule has 4 nitrogen and oxygen atoms in total. The number of aryl methyl sites for hydroxylation is 1.